The summed E-state index contributed by atoms with van der Waals surface area (Å²) >= 11 is 0. The molecule has 1 aliphatic rings. The van der Waals surface area contributed by atoms with Crippen LogP contribution >= 0.6 is 0 Å². The highest BCUT2D eigenvalue weighted by Crippen LogP contribution is 2.30. The van der Waals surface area contributed by atoms with Gasteiger partial charge in [0.15, 0.2) is 11.5 Å². The number of nitro groups is 1. The molecule has 0 bridgehead atoms. The number of rotatable bonds is 4. The van der Waals surface area contributed by atoms with E-state index in [1.54, 1.807) is 6.92 Å². The molecule has 8 heteroatoms. The Morgan fingerprint density at radius 1 is 1.07 bits per heavy atom. The number of fused-ring (bicyclic) bond motifs is 1. The Morgan fingerprint density at radius 2 is 1.81 bits per heavy atom. The van der Waals surface area contributed by atoms with Gasteiger partial charge in [0, 0.05) is 23.3 Å². The molecular weight excluding hydrogens is 350 g/mol. The maximum atomic E-state index is 12.2. The van der Waals surface area contributed by atoms with E-state index >= 15 is 0 Å². The molecule has 0 saturated heterocycles. The second-order valence-corrected chi connectivity index (χ2v) is 6.01. The molecule has 1 amide bonds. The van der Waals surface area contributed by atoms with Crippen molar-refractivity contribution in [3.63, 3.8) is 0 Å². The van der Waals surface area contributed by atoms with E-state index in [0.29, 0.717) is 30.4 Å². The SMILES string of the molecule is C/C(=N\NC(=O)c1cccc([N+](=O)[O-])c1)c1ccc2c(c1)OCCCCO2. The quantitative estimate of drug-likeness (QED) is 0.506. The zero-order chi connectivity index (χ0) is 19.2. The van der Waals surface area contributed by atoms with Crippen molar-refractivity contribution in [2.75, 3.05) is 13.2 Å². The minimum absolute atomic E-state index is 0.151. The smallest absolute Gasteiger partial charge is 0.271 e. The Balaban J connectivity index is 1.73. The second kappa shape index (κ2) is 8.31. The average Bonchev–Trinajstić information content (AvgIpc) is 2.66. The normalized spacial score (nSPS) is 14.0. The fourth-order valence-electron chi connectivity index (χ4n) is 2.56. The van der Waals surface area contributed by atoms with Gasteiger partial charge in [-0.25, -0.2) is 5.43 Å². The van der Waals surface area contributed by atoms with E-state index in [4.69, 9.17) is 9.47 Å². The zero-order valence-corrected chi connectivity index (χ0v) is 14.8. The minimum atomic E-state index is -0.550. The van der Waals surface area contributed by atoms with Gasteiger partial charge in [-0.3, -0.25) is 14.9 Å². The molecule has 0 saturated carbocycles. The Kier molecular flexibility index (Phi) is 5.65. The van der Waals surface area contributed by atoms with Gasteiger partial charge in [-0.15, -0.1) is 0 Å². The highest BCUT2D eigenvalue weighted by atomic mass is 16.6. The molecule has 1 N–H and O–H groups in total. The number of non-ortho nitro benzene ring substituents is 1. The van der Waals surface area contributed by atoms with Gasteiger partial charge in [-0.05, 0) is 44.0 Å². The first kappa shape index (κ1) is 18.4. The van der Waals surface area contributed by atoms with E-state index in [0.717, 1.165) is 18.4 Å². The predicted molar refractivity (Wildman–Crippen MR) is 99.4 cm³/mol. The summed E-state index contributed by atoms with van der Waals surface area (Å²) in [6.07, 6.45) is 1.88. The van der Waals surface area contributed by atoms with Crippen LogP contribution in [0.1, 0.15) is 35.7 Å². The molecule has 0 spiro atoms. The van der Waals surface area contributed by atoms with Crippen LogP contribution in [0.25, 0.3) is 0 Å². The van der Waals surface area contributed by atoms with Gasteiger partial charge in [0.05, 0.1) is 23.8 Å². The molecule has 0 atom stereocenters. The number of hydrogen-bond acceptors (Lipinski definition) is 6. The van der Waals surface area contributed by atoms with Crippen molar-refractivity contribution in [1.29, 1.82) is 0 Å². The van der Waals surface area contributed by atoms with Gasteiger partial charge in [0.1, 0.15) is 0 Å². The lowest BCUT2D eigenvalue weighted by Crippen LogP contribution is -2.19. The van der Waals surface area contributed by atoms with Crippen LogP contribution in [0, 0.1) is 10.1 Å². The molecule has 0 aliphatic carbocycles. The number of ether oxygens (including phenoxy) is 2. The maximum Gasteiger partial charge on any atom is 0.271 e. The van der Waals surface area contributed by atoms with Crippen LogP contribution in [0.2, 0.25) is 0 Å². The molecule has 0 unspecified atom stereocenters. The first-order chi connectivity index (χ1) is 13.0. The van der Waals surface area contributed by atoms with Crippen molar-refractivity contribution in [3.8, 4) is 11.5 Å². The fraction of sp³-hybridized carbons (Fsp3) is 0.263. The van der Waals surface area contributed by atoms with Crippen LogP contribution in [0.15, 0.2) is 47.6 Å². The maximum absolute atomic E-state index is 12.2. The lowest BCUT2D eigenvalue weighted by molar-refractivity contribution is -0.384. The number of amides is 1. The van der Waals surface area contributed by atoms with Gasteiger partial charge in [-0.1, -0.05) is 6.07 Å². The standard InChI is InChI=1S/C19H19N3O5/c1-13(14-7-8-17-18(12-14)27-10-3-2-9-26-17)20-21-19(23)15-5-4-6-16(11-15)22(24)25/h4-8,11-12H,2-3,9-10H2,1H3,(H,21,23)/b20-13+. The third-order valence-corrected chi connectivity index (χ3v) is 4.06. The first-order valence-electron chi connectivity index (χ1n) is 8.54. The summed E-state index contributed by atoms with van der Waals surface area (Å²) in [6, 6.07) is 10.9. The molecule has 27 heavy (non-hydrogen) atoms. The van der Waals surface area contributed by atoms with E-state index in [2.05, 4.69) is 10.5 Å². The highest BCUT2D eigenvalue weighted by molar-refractivity contribution is 6.01. The van der Waals surface area contributed by atoms with E-state index in [-0.39, 0.29) is 11.3 Å². The Bertz CT molecular complexity index is 895. The van der Waals surface area contributed by atoms with E-state index in [9.17, 15) is 14.9 Å². The number of carbonyl (C=O) groups is 1. The Labute approximate surface area is 155 Å². The van der Waals surface area contributed by atoms with E-state index in [1.807, 2.05) is 18.2 Å². The van der Waals surface area contributed by atoms with Gasteiger partial charge in [0.2, 0.25) is 0 Å². The number of hydrazone groups is 1. The van der Waals surface area contributed by atoms with Gasteiger partial charge in [0.25, 0.3) is 11.6 Å². The molecule has 2 aromatic rings. The number of nitrogens with zero attached hydrogens (tertiary/aromatic N) is 2. The van der Waals surface area contributed by atoms with E-state index < -0.39 is 10.8 Å². The Morgan fingerprint density at radius 3 is 2.56 bits per heavy atom. The summed E-state index contributed by atoms with van der Waals surface area (Å²) < 4.78 is 11.4. The molecule has 0 fully saturated rings. The number of carbonyl (C=O) groups excluding carboxylic acids is 1. The summed E-state index contributed by atoms with van der Waals surface area (Å²) in [6.45, 7) is 3.03. The molecule has 3 rings (SSSR count). The lowest BCUT2D eigenvalue weighted by atomic mass is 10.1. The third kappa shape index (κ3) is 4.60. The summed E-state index contributed by atoms with van der Waals surface area (Å²) in [4.78, 5) is 22.5. The molecular formula is C19H19N3O5. The minimum Gasteiger partial charge on any atom is -0.490 e. The van der Waals surface area contributed by atoms with Crippen LogP contribution in [0.4, 0.5) is 5.69 Å². The first-order valence-corrected chi connectivity index (χ1v) is 8.54. The molecule has 1 heterocycles. The summed E-state index contributed by atoms with van der Waals surface area (Å²) in [7, 11) is 0. The predicted octanol–water partition coefficient (Wildman–Crippen LogP) is 3.30. The monoisotopic (exact) mass is 369 g/mol. The summed E-state index contributed by atoms with van der Waals surface area (Å²) in [5.41, 5.74) is 3.78. The molecule has 8 nitrogen and oxygen atoms in total. The molecule has 140 valence electrons. The molecule has 1 aliphatic heterocycles. The van der Waals surface area contributed by atoms with Crippen LogP contribution in [0.5, 0.6) is 11.5 Å². The van der Waals surface area contributed by atoms with Crippen LogP contribution in [-0.2, 0) is 0 Å². The van der Waals surface area contributed by atoms with Crippen LogP contribution in [0.3, 0.4) is 0 Å². The summed E-state index contributed by atoms with van der Waals surface area (Å²) in [5.74, 6) is 0.808. The van der Waals surface area contributed by atoms with Crippen molar-refractivity contribution in [2.24, 2.45) is 5.10 Å². The van der Waals surface area contributed by atoms with Gasteiger partial charge < -0.3 is 9.47 Å². The van der Waals surface area contributed by atoms with Crippen molar-refractivity contribution < 1.29 is 19.2 Å². The topological polar surface area (TPSA) is 103 Å². The highest BCUT2D eigenvalue weighted by Gasteiger charge is 2.13. The van der Waals surface area contributed by atoms with Crippen molar-refractivity contribution in [3.05, 3.63) is 63.7 Å². The summed E-state index contributed by atoms with van der Waals surface area (Å²) in [5, 5.41) is 14.9. The fourth-order valence-corrected chi connectivity index (χ4v) is 2.56. The number of nitrogens with one attached hydrogen (secondary N) is 1. The molecule has 0 radical (unpaired) electrons. The molecule has 2 aromatic carbocycles. The number of benzene rings is 2. The zero-order valence-electron chi connectivity index (χ0n) is 14.8. The number of nitro benzene ring substituents is 1. The van der Waals surface area contributed by atoms with E-state index in [1.165, 1.54) is 24.3 Å². The second-order valence-electron chi connectivity index (χ2n) is 6.01. The molecule has 0 aromatic heterocycles. The van der Waals surface area contributed by atoms with Crippen molar-refractivity contribution in [2.45, 2.75) is 19.8 Å². The van der Waals surface area contributed by atoms with Crippen molar-refractivity contribution >= 4 is 17.3 Å². The number of hydrogen-bond donors (Lipinski definition) is 1. The van der Waals surface area contributed by atoms with Crippen LogP contribution < -0.4 is 14.9 Å². The third-order valence-electron chi connectivity index (χ3n) is 4.06. The average molecular weight is 369 g/mol. The largest absolute Gasteiger partial charge is 0.490 e. The van der Waals surface area contributed by atoms with Gasteiger partial charge in [-0.2, -0.15) is 5.10 Å². The van der Waals surface area contributed by atoms with Crippen molar-refractivity contribution in [1.82, 2.24) is 5.43 Å². The lowest BCUT2D eigenvalue weighted by Gasteiger charge is -2.17. The van der Waals surface area contributed by atoms with Crippen LogP contribution in [-0.4, -0.2) is 29.8 Å². The van der Waals surface area contributed by atoms with Gasteiger partial charge >= 0.3 is 0 Å². The Hall–Kier alpha value is -3.42.